The Morgan fingerprint density at radius 3 is 2.50 bits per heavy atom. The smallest absolute Gasteiger partial charge is 0.270 e. The highest BCUT2D eigenvalue weighted by Crippen LogP contribution is 2.24. The maximum Gasteiger partial charge on any atom is 0.270 e. The van der Waals surface area contributed by atoms with Gasteiger partial charge in [0.15, 0.2) is 6.29 Å². The van der Waals surface area contributed by atoms with E-state index in [0.717, 1.165) is 0 Å². The van der Waals surface area contributed by atoms with Gasteiger partial charge in [0.05, 0.1) is 4.92 Å². The van der Waals surface area contributed by atoms with Gasteiger partial charge in [-0.25, -0.2) is 0 Å². The van der Waals surface area contributed by atoms with Crippen LogP contribution in [0.4, 0.5) is 11.4 Å². The Kier molecular flexibility index (Phi) is 3.60. The SMILES string of the molecule is CC(C)N(C)c1ccc([N+](=O)[O-])cc1C=O. The Morgan fingerprint density at radius 2 is 2.06 bits per heavy atom. The molecule has 0 spiro atoms. The van der Waals surface area contributed by atoms with E-state index < -0.39 is 4.92 Å². The number of non-ortho nitro benzene ring substituents is 1. The Hall–Kier alpha value is -1.91. The number of nitrogens with zero attached hydrogens (tertiary/aromatic N) is 2. The summed E-state index contributed by atoms with van der Waals surface area (Å²) in [6.45, 7) is 3.96. The quantitative estimate of drug-likeness (QED) is 0.445. The van der Waals surface area contributed by atoms with Gasteiger partial charge in [-0.15, -0.1) is 0 Å². The summed E-state index contributed by atoms with van der Waals surface area (Å²) in [5.41, 5.74) is 0.976. The molecule has 5 nitrogen and oxygen atoms in total. The fourth-order valence-electron chi connectivity index (χ4n) is 1.35. The second-order valence-corrected chi connectivity index (χ2v) is 3.82. The third kappa shape index (κ3) is 2.36. The maximum absolute atomic E-state index is 10.9. The Labute approximate surface area is 93.8 Å². The van der Waals surface area contributed by atoms with Crippen LogP contribution in [0.3, 0.4) is 0 Å². The lowest BCUT2D eigenvalue weighted by Crippen LogP contribution is -2.26. The van der Waals surface area contributed by atoms with Gasteiger partial charge in [-0.05, 0) is 19.9 Å². The first-order valence-corrected chi connectivity index (χ1v) is 4.93. The van der Waals surface area contributed by atoms with Crippen molar-refractivity contribution in [1.29, 1.82) is 0 Å². The van der Waals surface area contributed by atoms with E-state index in [-0.39, 0.29) is 11.7 Å². The van der Waals surface area contributed by atoms with Crippen LogP contribution in [0, 0.1) is 10.1 Å². The van der Waals surface area contributed by atoms with Crippen molar-refractivity contribution in [2.45, 2.75) is 19.9 Å². The maximum atomic E-state index is 10.9. The standard InChI is InChI=1S/C11H14N2O3/c1-8(2)12(3)11-5-4-10(13(15)16)6-9(11)7-14/h4-8H,1-3H3. The number of benzene rings is 1. The molecule has 0 atom stereocenters. The fraction of sp³-hybridized carbons (Fsp3) is 0.364. The molecule has 0 unspecified atom stereocenters. The van der Waals surface area contributed by atoms with Gasteiger partial charge in [-0.1, -0.05) is 0 Å². The third-order valence-corrected chi connectivity index (χ3v) is 2.50. The summed E-state index contributed by atoms with van der Waals surface area (Å²) < 4.78 is 0. The van der Waals surface area contributed by atoms with Crippen LogP contribution in [0.5, 0.6) is 0 Å². The van der Waals surface area contributed by atoms with E-state index in [2.05, 4.69) is 0 Å². The van der Waals surface area contributed by atoms with E-state index in [4.69, 9.17) is 0 Å². The minimum absolute atomic E-state index is 0.0667. The van der Waals surface area contributed by atoms with Crippen LogP contribution in [-0.4, -0.2) is 24.3 Å². The molecule has 0 saturated carbocycles. The first kappa shape index (κ1) is 12.2. The van der Waals surface area contributed by atoms with Crippen molar-refractivity contribution >= 4 is 17.7 Å². The molecule has 0 aliphatic carbocycles. The molecule has 16 heavy (non-hydrogen) atoms. The zero-order chi connectivity index (χ0) is 12.3. The number of aldehydes is 1. The molecular weight excluding hydrogens is 208 g/mol. The number of hydrogen-bond acceptors (Lipinski definition) is 4. The van der Waals surface area contributed by atoms with Crippen molar-refractivity contribution < 1.29 is 9.72 Å². The molecule has 0 aliphatic heterocycles. The topological polar surface area (TPSA) is 63.4 Å². The molecule has 86 valence electrons. The monoisotopic (exact) mass is 222 g/mol. The highest BCUT2D eigenvalue weighted by atomic mass is 16.6. The van der Waals surface area contributed by atoms with Crippen LogP contribution in [-0.2, 0) is 0 Å². The van der Waals surface area contributed by atoms with Crippen LogP contribution in [0.25, 0.3) is 0 Å². The van der Waals surface area contributed by atoms with Gasteiger partial charge < -0.3 is 4.90 Å². The number of carbonyl (C=O) groups is 1. The molecule has 0 N–H and O–H groups in total. The van der Waals surface area contributed by atoms with Gasteiger partial charge in [0.25, 0.3) is 5.69 Å². The lowest BCUT2D eigenvalue weighted by atomic mass is 10.1. The molecule has 0 bridgehead atoms. The summed E-state index contributed by atoms with van der Waals surface area (Å²) in [6, 6.07) is 4.52. The minimum Gasteiger partial charge on any atom is -0.372 e. The number of nitro groups is 1. The van der Waals surface area contributed by atoms with Crippen LogP contribution < -0.4 is 4.90 Å². The molecule has 1 aromatic rings. The average Bonchev–Trinajstić information content (AvgIpc) is 2.26. The highest BCUT2D eigenvalue weighted by Gasteiger charge is 2.14. The second-order valence-electron chi connectivity index (χ2n) is 3.82. The summed E-state index contributed by atoms with van der Waals surface area (Å²) in [5.74, 6) is 0. The molecule has 0 fully saturated rings. The molecule has 0 amide bonds. The van der Waals surface area contributed by atoms with Crippen LogP contribution >= 0.6 is 0 Å². The van der Waals surface area contributed by atoms with Gasteiger partial charge in [-0.2, -0.15) is 0 Å². The Balaban J connectivity index is 3.21. The molecular formula is C11H14N2O3. The second kappa shape index (κ2) is 4.74. The predicted octanol–water partition coefficient (Wildman–Crippen LogP) is 2.25. The summed E-state index contributed by atoms with van der Waals surface area (Å²) in [7, 11) is 1.85. The summed E-state index contributed by atoms with van der Waals surface area (Å²) in [4.78, 5) is 22.8. The number of nitro benzene ring substituents is 1. The predicted molar refractivity (Wildman–Crippen MR) is 62.0 cm³/mol. The van der Waals surface area contributed by atoms with Crippen LogP contribution in [0.15, 0.2) is 18.2 Å². The zero-order valence-electron chi connectivity index (χ0n) is 9.51. The largest absolute Gasteiger partial charge is 0.372 e. The van der Waals surface area contributed by atoms with Crippen molar-refractivity contribution in [3.63, 3.8) is 0 Å². The van der Waals surface area contributed by atoms with Gasteiger partial charge >= 0.3 is 0 Å². The third-order valence-electron chi connectivity index (χ3n) is 2.50. The van der Waals surface area contributed by atoms with Crippen molar-refractivity contribution in [1.82, 2.24) is 0 Å². The Morgan fingerprint density at radius 1 is 1.44 bits per heavy atom. The van der Waals surface area contributed by atoms with Crippen molar-refractivity contribution in [3.05, 3.63) is 33.9 Å². The molecule has 5 heteroatoms. The normalized spacial score (nSPS) is 10.2. The lowest BCUT2D eigenvalue weighted by Gasteiger charge is -2.24. The van der Waals surface area contributed by atoms with Crippen molar-refractivity contribution in [2.24, 2.45) is 0 Å². The molecule has 1 rings (SSSR count). The van der Waals surface area contributed by atoms with E-state index >= 15 is 0 Å². The minimum atomic E-state index is -0.508. The number of anilines is 1. The molecule has 0 heterocycles. The number of hydrogen-bond donors (Lipinski definition) is 0. The summed E-state index contributed by atoms with van der Waals surface area (Å²) in [6.07, 6.45) is 0.640. The van der Waals surface area contributed by atoms with Crippen LogP contribution in [0.1, 0.15) is 24.2 Å². The van der Waals surface area contributed by atoms with E-state index in [0.29, 0.717) is 17.5 Å². The van der Waals surface area contributed by atoms with Gasteiger partial charge in [0, 0.05) is 36.5 Å². The molecule has 0 saturated heterocycles. The first-order valence-electron chi connectivity index (χ1n) is 4.93. The lowest BCUT2D eigenvalue weighted by molar-refractivity contribution is -0.384. The van der Waals surface area contributed by atoms with Gasteiger partial charge in [0.2, 0.25) is 0 Å². The van der Waals surface area contributed by atoms with Crippen molar-refractivity contribution in [2.75, 3.05) is 11.9 Å². The van der Waals surface area contributed by atoms with E-state index in [1.807, 2.05) is 25.8 Å². The Bertz CT molecular complexity index is 416. The average molecular weight is 222 g/mol. The first-order chi connectivity index (χ1) is 7.47. The van der Waals surface area contributed by atoms with Crippen molar-refractivity contribution in [3.8, 4) is 0 Å². The zero-order valence-corrected chi connectivity index (χ0v) is 9.51. The highest BCUT2D eigenvalue weighted by molar-refractivity contribution is 5.85. The summed E-state index contributed by atoms with van der Waals surface area (Å²) >= 11 is 0. The van der Waals surface area contributed by atoms with E-state index in [1.54, 1.807) is 6.07 Å². The van der Waals surface area contributed by atoms with E-state index in [9.17, 15) is 14.9 Å². The molecule has 0 radical (unpaired) electrons. The van der Waals surface area contributed by atoms with Gasteiger partial charge in [0.1, 0.15) is 0 Å². The van der Waals surface area contributed by atoms with Gasteiger partial charge in [-0.3, -0.25) is 14.9 Å². The molecule has 0 aromatic heterocycles. The fourth-order valence-corrected chi connectivity index (χ4v) is 1.35. The number of rotatable bonds is 4. The molecule has 0 aliphatic rings. The number of carbonyl (C=O) groups excluding carboxylic acids is 1. The molecule has 1 aromatic carbocycles. The van der Waals surface area contributed by atoms with Crippen LogP contribution in [0.2, 0.25) is 0 Å². The summed E-state index contributed by atoms with van der Waals surface area (Å²) in [5, 5.41) is 10.6. The van der Waals surface area contributed by atoms with E-state index in [1.165, 1.54) is 12.1 Å².